The van der Waals surface area contributed by atoms with Crippen molar-refractivity contribution in [3.05, 3.63) is 6.33 Å². The van der Waals surface area contributed by atoms with Crippen LogP contribution in [0.4, 0.5) is 0 Å². The lowest BCUT2D eigenvalue weighted by Gasteiger charge is -2.23. The fourth-order valence-electron chi connectivity index (χ4n) is 3.13. The Bertz CT molecular complexity index is 541. The van der Waals surface area contributed by atoms with Crippen molar-refractivity contribution >= 4 is 36.1 Å². The molecule has 0 spiro atoms. The highest BCUT2D eigenvalue weighted by Crippen LogP contribution is 2.65. The highest BCUT2D eigenvalue weighted by molar-refractivity contribution is 7.99. The first kappa shape index (κ1) is 15.1. The molecule has 2 saturated carbocycles. The van der Waals surface area contributed by atoms with Crippen LogP contribution in [0, 0.1) is 17.8 Å². The number of halogens is 1. The van der Waals surface area contributed by atoms with E-state index in [-0.39, 0.29) is 30.0 Å². The molecule has 2 aliphatic carbocycles. The number of carbonyl (C=O) groups is 2. The van der Waals surface area contributed by atoms with E-state index in [9.17, 15) is 14.7 Å². The molecule has 0 saturated heterocycles. The average molecular weight is 321 g/mol. The molecule has 1 heterocycles. The van der Waals surface area contributed by atoms with Crippen LogP contribution in [-0.4, -0.2) is 48.1 Å². The molecular formula is C10H13ClN4O4S. The Labute approximate surface area is 123 Å². The molecule has 1 aromatic rings. The number of carboxylic acid groups (broad SMARTS) is 2. The zero-order valence-corrected chi connectivity index (χ0v) is 11.7. The van der Waals surface area contributed by atoms with Crippen LogP contribution in [0.2, 0.25) is 0 Å². The number of fused-ring (bicyclic) bond motifs is 1. The number of aliphatic carboxylic acids is 2. The zero-order valence-electron chi connectivity index (χ0n) is 10.1. The van der Waals surface area contributed by atoms with Crippen molar-refractivity contribution in [2.75, 3.05) is 0 Å². The molecule has 0 unspecified atom stereocenters. The Kier molecular flexibility index (Phi) is 3.69. The van der Waals surface area contributed by atoms with Gasteiger partial charge in [-0.15, -0.1) is 22.6 Å². The Hall–Kier alpha value is -1.32. The molecule has 0 aromatic carbocycles. The van der Waals surface area contributed by atoms with E-state index < -0.39 is 29.3 Å². The molecule has 2 aliphatic rings. The fraction of sp³-hybridized carbons (Fsp3) is 0.600. The molecule has 8 nitrogen and oxygen atoms in total. The molecule has 2 fully saturated rings. The van der Waals surface area contributed by atoms with Crippen molar-refractivity contribution in [3.8, 4) is 0 Å². The molecule has 20 heavy (non-hydrogen) atoms. The van der Waals surface area contributed by atoms with Gasteiger partial charge in [0.15, 0.2) is 5.16 Å². The van der Waals surface area contributed by atoms with Crippen LogP contribution < -0.4 is 5.73 Å². The monoisotopic (exact) mass is 320 g/mol. The summed E-state index contributed by atoms with van der Waals surface area (Å²) in [6.45, 7) is 0. The van der Waals surface area contributed by atoms with Gasteiger partial charge in [-0.25, -0.2) is 0 Å². The van der Waals surface area contributed by atoms with Crippen molar-refractivity contribution in [2.24, 2.45) is 23.5 Å². The smallest absolute Gasteiger partial charge is 0.324 e. The van der Waals surface area contributed by atoms with E-state index in [0.717, 1.165) is 0 Å². The number of thioether (sulfide) groups is 1. The van der Waals surface area contributed by atoms with E-state index in [4.69, 9.17) is 10.8 Å². The second-order valence-corrected chi connectivity index (χ2v) is 6.20. The van der Waals surface area contributed by atoms with Crippen LogP contribution in [0.5, 0.6) is 0 Å². The summed E-state index contributed by atoms with van der Waals surface area (Å²) in [7, 11) is 0. The third-order valence-corrected chi connectivity index (χ3v) is 5.19. The molecule has 0 amide bonds. The normalized spacial score (nSPS) is 37.9. The second kappa shape index (κ2) is 4.90. The first-order chi connectivity index (χ1) is 8.95. The predicted molar refractivity (Wildman–Crippen MR) is 70.6 cm³/mol. The number of rotatable bonds is 4. The van der Waals surface area contributed by atoms with Crippen LogP contribution >= 0.6 is 24.2 Å². The number of hydrogen-bond donors (Lipinski definition) is 4. The Morgan fingerprint density at radius 1 is 1.50 bits per heavy atom. The largest absolute Gasteiger partial charge is 0.481 e. The van der Waals surface area contributed by atoms with Gasteiger partial charge in [0.25, 0.3) is 0 Å². The first-order valence-corrected chi connectivity index (χ1v) is 6.61. The highest BCUT2D eigenvalue weighted by Gasteiger charge is 2.74. The summed E-state index contributed by atoms with van der Waals surface area (Å²) in [6, 6.07) is 0. The Morgan fingerprint density at radius 3 is 2.70 bits per heavy atom. The number of H-pyrrole nitrogens is 1. The summed E-state index contributed by atoms with van der Waals surface area (Å²) in [6.07, 6.45) is 1.66. The lowest BCUT2D eigenvalue weighted by molar-refractivity contribution is -0.145. The topological polar surface area (TPSA) is 142 Å². The molecule has 1 aromatic heterocycles. The van der Waals surface area contributed by atoms with Crippen LogP contribution in [0.1, 0.15) is 6.42 Å². The molecule has 10 heteroatoms. The van der Waals surface area contributed by atoms with Crippen LogP contribution in [-0.2, 0) is 9.59 Å². The zero-order chi connectivity index (χ0) is 13.8. The van der Waals surface area contributed by atoms with E-state index in [0.29, 0.717) is 5.16 Å². The predicted octanol–water partition coefficient (Wildman–Crippen LogP) is -0.180. The quantitative estimate of drug-likeness (QED) is 0.598. The molecule has 0 aliphatic heterocycles. The SMILES string of the molecule is Cl.N[C@@]1(C(=O)O)C[C@H](Sc2nnc[nH]2)[C@H]2[C@H](C(=O)O)[C@H]21. The van der Waals surface area contributed by atoms with E-state index in [2.05, 4.69) is 15.2 Å². The number of aromatic nitrogens is 3. The van der Waals surface area contributed by atoms with Crippen LogP contribution in [0.15, 0.2) is 11.5 Å². The first-order valence-electron chi connectivity index (χ1n) is 5.73. The summed E-state index contributed by atoms with van der Waals surface area (Å²) < 4.78 is 0. The van der Waals surface area contributed by atoms with E-state index in [1.54, 1.807) is 0 Å². The van der Waals surface area contributed by atoms with Gasteiger partial charge in [-0.05, 0) is 12.3 Å². The van der Waals surface area contributed by atoms with Gasteiger partial charge in [0.1, 0.15) is 11.9 Å². The summed E-state index contributed by atoms with van der Waals surface area (Å²) in [5.41, 5.74) is 4.46. The van der Waals surface area contributed by atoms with Crippen LogP contribution in [0.3, 0.4) is 0 Å². The van der Waals surface area contributed by atoms with Gasteiger partial charge in [-0.3, -0.25) is 9.59 Å². The van der Waals surface area contributed by atoms with E-state index in [1.807, 2.05) is 0 Å². The summed E-state index contributed by atoms with van der Waals surface area (Å²) in [4.78, 5) is 25.3. The van der Waals surface area contributed by atoms with Gasteiger partial charge in [-0.2, -0.15) is 0 Å². The maximum Gasteiger partial charge on any atom is 0.324 e. The number of nitrogens with two attached hydrogens (primary N) is 1. The summed E-state index contributed by atoms with van der Waals surface area (Å²) >= 11 is 1.31. The fourth-order valence-corrected chi connectivity index (χ4v) is 4.49. The standard InChI is InChI=1S/C10H12N4O4S.ClH/c11-10(8(17)18)1-3(19-9-12-2-13-14-9)4-5(6(4)10)7(15)16;/h2-6H,1,11H2,(H,15,16)(H,17,18)(H,12,13,14);1H/t3-,4-,5-,6-,10-;/m0./s1. The second-order valence-electron chi connectivity index (χ2n) is 4.97. The van der Waals surface area contributed by atoms with Gasteiger partial charge in [0.05, 0.1) is 5.92 Å². The molecule has 110 valence electrons. The molecule has 0 bridgehead atoms. The van der Waals surface area contributed by atoms with Gasteiger partial charge in [-0.1, -0.05) is 11.8 Å². The molecular weight excluding hydrogens is 308 g/mol. The Balaban J connectivity index is 0.00000147. The highest BCUT2D eigenvalue weighted by atomic mass is 35.5. The van der Waals surface area contributed by atoms with Gasteiger partial charge < -0.3 is 20.9 Å². The minimum absolute atomic E-state index is 0. The summed E-state index contributed by atoms with van der Waals surface area (Å²) in [5.74, 6) is -3.49. The average Bonchev–Trinajstić information content (AvgIpc) is 2.77. The number of nitrogens with zero attached hydrogens (tertiary/aromatic N) is 2. The Morgan fingerprint density at radius 2 is 2.20 bits per heavy atom. The van der Waals surface area contributed by atoms with Gasteiger partial charge in [0, 0.05) is 11.2 Å². The maximum absolute atomic E-state index is 11.3. The van der Waals surface area contributed by atoms with E-state index >= 15 is 0 Å². The third-order valence-electron chi connectivity index (χ3n) is 3.98. The molecule has 5 N–H and O–H groups in total. The lowest BCUT2D eigenvalue weighted by Crippen LogP contribution is -2.50. The molecule has 0 radical (unpaired) electrons. The van der Waals surface area contributed by atoms with Crippen molar-refractivity contribution < 1.29 is 19.8 Å². The number of nitrogens with one attached hydrogen (secondary N) is 1. The molecule has 5 atom stereocenters. The maximum atomic E-state index is 11.3. The van der Waals surface area contributed by atoms with Crippen molar-refractivity contribution in [1.29, 1.82) is 0 Å². The minimum atomic E-state index is -1.45. The number of hydrogen-bond acceptors (Lipinski definition) is 6. The van der Waals surface area contributed by atoms with Gasteiger partial charge >= 0.3 is 11.9 Å². The van der Waals surface area contributed by atoms with Crippen molar-refractivity contribution in [3.63, 3.8) is 0 Å². The molecule has 3 rings (SSSR count). The van der Waals surface area contributed by atoms with Crippen molar-refractivity contribution in [1.82, 2.24) is 15.2 Å². The van der Waals surface area contributed by atoms with Crippen LogP contribution in [0.25, 0.3) is 0 Å². The third kappa shape index (κ3) is 2.05. The number of carboxylic acids is 2. The summed E-state index contributed by atoms with van der Waals surface area (Å²) in [5, 5.41) is 26.2. The minimum Gasteiger partial charge on any atom is -0.481 e. The lowest BCUT2D eigenvalue weighted by atomic mass is 9.91. The van der Waals surface area contributed by atoms with Gasteiger partial charge in [0.2, 0.25) is 0 Å². The van der Waals surface area contributed by atoms with E-state index in [1.165, 1.54) is 18.1 Å². The van der Waals surface area contributed by atoms with Crippen molar-refractivity contribution in [2.45, 2.75) is 22.4 Å². The number of aromatic amines is 1.